The Bertz CT molecular complexity index is 416. The van der Waals surface area contributed by atoms with Crippen LogP contribution in [0.25, 0.3) is 0 Å². The van der Waals surface area contributed by atoms with Crippen LogP contribution in [-0.2, 0) is 11.3 Å². The van der Waals surface area contributed by atoms with E-state index in [1.165, 1.54) is 0 Å². The number of aromatic nitrogens is 2. The molecule has 1 aliphatic rings. The van der Waals surface area contributed by atoms with Crippen molar-refractivity contribution in [2.75, 3.05) is 0 Å². The number of nitrogens with zero attached hydrogens (tertiary/aromatic N) is 2. The Labute approximate surface area is 101 Å². The molecule has 0 aliphatic heterocycles. The summed E-state index contributed by atoms with van der Waals surface area (Å²) in [5.74, 6) is -0.804. The smallest absolute Gasteiger partial charge is 0.323 e. The number of carboxylic acids is 1. The van der Waals surface area contributed by atoms with Gasteiger partial charge in [0.15, 0.2) is 0 Å². The van der Waals surface area contributed by atoms with Gasteiger partial charge in [-0.25, -0.2) is 0 Å². The molecule has 17 heavy (non-hydrogen) atoms. The largest absolute Gasteiger partial charge is 0.480 e. The molecule has 2 rings (SSSR count). The number of hydrogen-bond donors (Lipinski definition) is 2. The quantitative estimate of drug-likeness (QED) is 0.823. The maximum Gasteiger partial charge on any atom is 0.323 e. The molecule has 1 aliphatic carbocycles. The number of nitrogens with two attached hydrogens (primary N) is 1. The first-order valence-corrected chi connectivity index (χ1v) is 6.05. The molecular formula is C12H19N3O2. The van der Waals surface area contributed by atoms with Crippen LogP contribution in [0.4, 0.5) is 0 Å². The highest BCUT2D eigenvalue weighted by Gasteiger charge is 2.45. The number of carbonyl (C=O) groups is 1. The summed E-state index contributed by atoms with van der Waals surface area (Å²) in [6, 6.07) is 1.95. The van der Waals surface area contributed by atoms with E-state index in [0.29, 0.717) is 6.42 Å². The fourth-order valence-corrected chi connectivity index (χ4v) is 2.66. The van der Waals surface area contributed by atoms with Crippen molar-refractivity contribution in [3.63, 3.8) is 0 Å². The van der Waals surface area contributed by atoms with E-state index in [1.807, 2.05) is 23.9 Å². The molecule has 94 valence electrons. The summed E-state index contributed by atoms with van der Waals surface area (Å²) >= 11 is 0. The zero-order chi connectivity index (χ0) is 12.5. The van der Waals surface area contributed by atoms with E-state index in [9.17, 15) is 9.90 Å². The van der Waals surface area contributed by atoms with Crippen LogP contribution in [0.5, 0.6) is 0 Å². The number of aliphatic carboxylic acids is 1. The Morgan fingerprint density at radius 1 is 1.76 bits per heavy atom. The third-order valence-electron chi connectivity index (χ3n) is 3.75. The number of aryl methyl sites for hydroxylation is 2. The minimum Gasteiger partial charge on any atom is -0.480 e. The second kappa shape index (κ2) is 4.49. The standard InChI is InChI=1S/C12H19N3O2/c1-9-4-7-15(14-9)8-5-10-3-2-6-12(10,13)11(16)17/h4,7,10H,2-3,5-6,8,13H2,1H3,(H,16,17). The Balaban J connectivity index is 1.97. The van der Waals surface area contributed by atoms with Crippen LogP contribution in [-0.4, -0.2) is 26.4 Å². The molecule has 0 bridgehead atoms. The van der Waals surface area contributed by atoms with Crippen LogP contribution in [0.2, 0.25) is 0 Å². The van der Waals surface area contributed by atoms with E-state index in [2.05, 4.69) is 5.10 Å². The first kappa shape index (κ1) is 12.1. The molecule has 2 unspecified atom stereocenters. The highest BCUT2D eigenvalue weighted by Crippen LogP contribution is 2.36. The van der Waals surface area contributed by atoms with Gasteiger partial charge in [-0.1, -0.05) is 6.42 Å². The molecular weight excluding hydrogens is 218 g/mol. The van der Waals surface area contributed by atoms with Gasteiger partial charge in [0, 0.05) is 12.7 Å². The van der Waals surface area contributed by atoms with Crippen molar-refractivity contribution < 1.29 is 9.90 Å². The minimum absolute atomic E-state index is 0.0597. The molecule has 1 saturated carbocycles. The zero-order valence-corrected chi connectivity index (χ0v) is 10.1. The van der Waals surface area contributed by atoms with E-state index in [-0.39, 0.29) is 5.92 Å². The van der Waals surface area contributed by atoms with Crippen LogP contribution in [0, 0.1) is 12.8 Å². The van der Waals surface area contributed by atoms with Gasteiger partial charge in [-0.05, 0) is 38.2 Å². The van der Waals surface area contributed by atoms with Gasteiger partial charge in [0.05, 0.1) is 5.69 Å². The monoisotopic (exact) mass is 237 g/mol. The molecule has 0 aromatic carbocycles. The first-order valence-electron chi connectivity index (χ1n) is 6.05. The number of carboxylic acid groups (broad SMARTS) is 1. The lowest BCUT2D eigenvalue weighted by Gasteiger charge is -2.26. The molecule has 2 atom stereocenters. The van der Waals surface area contributed by atoms with Gasteiger partial charge in [0.25, 0.3) is 0 Å². The van der Waals surface area contributed by atoms with Crippen molar-refractivity contribution in [2.45, 2.75) is 44.7 Å². The maximum absolute atomic E-state index is 11.2. The van der Waals surface area contributed by atoms with Gasteiger partial charge in [-0.3, -0.25) is 9.48 Å². The van der Waals surface area contributed by atoms with E-state index < -0.39 is 11.5 Å². The van der Waals surface area contributed by atoms with Crippen molar-refractivity contribution in [2.24, 2.45) is 11.7 Å². The summed E-state index contributed by atoms with van der Waals surface area (Å²) in [4.78, 5) is 11.2. The van der Waals surface area contributed by atoms with Crippen molar-refractivity contribution in [3.8, 4) is 0 Å². The molecule has 1 aromatic rings. The summed E-state index contributed by atoms with van der Waals surface area (Å²) in [5, 5.41) is 13.5. The Kier molecular flexibility index (Phi) is 3.19. The second-order valence-corrected chi connectivity index (χ2v) is 4.94. The molecule has 0 amide bonds. The zero-order valence-electron chi connectivity index (χ0n) is 10.1. The van der Waals surface area contributed by atoms with Gasteiger partial charge >= 0.3 is 5.97 Å². The number of rotatable bonds is 4. The second-order valence-electron chi connectivity index (χ2n) is 4.94. The Morgan fingerprint density at radius 3 is 3.12 bits per heavy atom. The summed E-state index contributed by atoms with van der Waals surface area (Å²) in [6.45, 7) is 2.68. The van der Waals surface area contributed by atoms with Crippen LogP contribution in [0.15, 0.2) is 12.3 Å². The molecule has 0 radical (unpaired) electrons. The van der Waals surface area contributed by atoms with Gasteiger partial charge in [0.2, 0.25) is 0 Å². The van der Waals surface area contributed by atoms with Crippen molar-refractivity contribution in [1.29, 1.82) is 0 Å². The Hall–Kier alpha value is -1.36. The summed E-state index contributed by atoms with van der Waals surface area (Å²) < 4.78 is 1.86. The Morgan fingerprint density at radius 2 is 2.53 bits per heavy atom. The van der Waals surface area contributed by atoms with Crippen molar-refractivity contribution in [3.05, 3.63) is 18.0 Å². The lowest BCUT2D eigenvalue weighted by molar-refractivity contribution is -0.144. The van der Waals surface area contributed by atoms with Gasteiger partial charge < -0.3 is 10.8 Å². The van der Waals surface area contributed by atoms with E-state index in [0.717, 1.165) is 31.5 Å². The molecule has 1 fully saturated rings. The van der Waals surface area contributed by atoms with Crippen LogP contribution in [0.3, 0.4) is 0 Å². The first-order chi connectivity index (χ1) is 8.02. The summed E-state index contributed by atoms with van der Waals surface area (Å²) in [6.07, 6.45) is 5.10. The molecule has 5 heteroatoms. The molecule has 0 saturated heterocycles. The normalized spacial score (nSPS) is 28.5. The SMILES string of the molecule is Cc1ccn(CCC2CCCC2(N)C(=O)O)n1. The van der Waals surface area contributed by atoms with E-state index >= 15 is 0 Å². The van der Waals surface area contributed by atoms with Gasteiger partial charge in [-0.2, -0.15) is 5.10 Å². The van der Waals surface area contributed by atoms with Crippen LogP contribution >= 0.6 is 0 Å². The lowest BCUT2D eigenvalue weighted by Crippen LogP contribution is -2.51. The summed E-state index contributed by atoms with van der Waals surface area (Å²) in [5.41, 5.74) is 5.94. The molecule has 5 nitrogen and oxygen atoms in total. The predicted octanol–water partition coefficient (Wildman–Crippen LogP) is 1.16. The fourth-order valence-electron chi connectivity index (χ4n) is 2.66. The number of hydrogen-bond acceptors (Lipinski definition) is 3. The predicted molar refractivity (Wildman–Crippen MR) is 63.5 cm³/mol. The summed E-state index contributed by atoms with van der Waals surface area (Å²) in [7, 11) is 0. The molecule has 1 heterocycles. The van der Waals surface area contributed by atoms with Gasteiger partial charge in [-0.15, -0.1) is 0 Å². The highest BCUT2D eigenvalue weighted by molar-refractivity contribution is 5.79. The van der Waals surface area contributed by atoms with Gasteiger partial charge in [0.1, 0.15) is 5.54 Å². The van der Waals surface area contributed by atoms with Crippen molar-refractivity contribution >= 4 is 5.97 Å². The lowest BCUT2D eigenvalue weighted by atomic mass is 9.86. The third kappa shape index (κ3) is 2.34. The maximum atomic E-state index is 11.2. The fraction of sp³-hybridized carbons (Fsp3) is 0.667. The van der Waals surface area contributed by atoms with E-state index in [4.69, 9.17) is 5.73 Å². The van der Waals surface area contributed by atoms with Crippen LogP contribution in [0.1, 0.15) is 31.4 Å². The topological polar surface area (TPSA) is 81.1 Å². The highest BCUT2D eigenvalue weighted by atomic mass is 16.4. The van der Waals surface area contributed by atoms with Crippen molar-refractivity contribution in [1.82, 2.24) is 9.78 Å². The molecule has 1 aromatic heterocycles. The molecule has 0 spiro atoms. The average molecular weight is 237 g/mol. The third-order valence-corrected chi connectivity index (χ3v) is 3.75. The van der Waals surface area contributed by atoms with E-state index in [1.54, 1.807) is 0 Å². The molecule has 3 N–H and O–H groups in total. The average Bonchev–Trinajstić information content (AvgIpc) is 2.83. The van der Waals surface area contributed by atoms with Crippen LogP contribution < -0.4 is 5.73 Å². The minimum atomic E-state index is -1.03.